The highest BCUT2D eigenvalue weighted by Crippen LogP contribution is 2.27. The van der Waals surface area contributed by atoms with Gasteiger partial charge < -0.3 is 27.6 Å². The maximum Gasteiger partial charge on any atom is 0.226 e. The van der Waals surface area contributed by atoms with Crippen LogP contribution in [0.2, 0.25) is 0 Å². The van der Waals surface area contributed by atoms with E-state index in [1.54, 1.807) is 18.5 Å². The van der Waals surface area contributed by atoms with Crippen LogP contribution in [0.15, 0.2) is 42.7 Å². The van der Waals surface area contributed by atoms with Crippen molar-refractivity contribution in [2.45, 2.75) is 12.5 Å². The molecule has 2 aromatic rings. The number of aliphatic hydroxyl groups is 1. The van der Waals surface area contributed by atoms with Crippen molar-refractivity contribution in [2.24, 2.45) is 0 Å². The molecular weight excluding hydrogens is 323 g/mol. The SMILES string of the molecule is COCCC(=O)Nc1cc[nH+]cc1C(O)c1ccc(F)cc1.[Cl-]. The fraction of sp³-hybridized carbons (Fsp3) is 0.250. The molecule has 0 saturated heterocycles. The lowest BCUT2D eigenvalue weighted by molar-refractivity contribution is -0.378. The van der Waals surface area contributed by atoms with E-state index in [-0.39, 0.29) is 30.6 Å². The smallest absolute Gasteiger partial charge is 0.226 e. The molecule has 0 aliphatic heterocycles. The minimum Gasteiger partial charge on any atom is -1.00 e. The number of aliphatic hydroxyl groups excluding tert-OH is 1. The molecule has 1 aromatic carbocycles. The highest BCUT2D eigenvalue weighted by Gasteiger charge is 2.18. The Morgan fingerprint density at radius 1 is 1.35 bits per heavy atom. The van der Waals surface area contributed by atoms with Gasteiger partial charge in [0, 0.05) is 13.2 Å². The molecule has 0 saturated carbocycles. The first-order chi connectivity index (χ1) is 10.6. The zero-order valence-corrected chi connectivity index (χ0v) is 13.3. The fourth-order valence-corrected chi connectivity index (χ4v) is 2.02. The predicted octanol–water partition coefficient (Wildman–Crippen LogP) is -1.30. The molecule has 0 aliphatic carbocycles. The van der Waals surface area contributed by atoms with Crippen molar-refractivity contribution in [3.63, 3.8) is 0 Å². The quantitative estimate of drug-likeness (QED) is 0.686. The number of benzene rings is 1. The third-order valence-corrected chi connectivity index (χ3v) is 3.18. The zero-order valence-electron chi connectivity index (χ0n) is 12.6. The van der Waals surface area contributed by atoms with Gasteiger partial charge in [0.1, 0.15) is 11.9 Å². The number of carbonyl (C=O) groups excluding carboxylic acids is 1. The number of halogens is 2. The molecule has 124 valence electrons. The van der Waals surface area contributed by atoms with Gasteiger partial charge in [-0.2, -0.15) is 0 Å². The van der Waals surface area contributed by atoms with Crippen LogP contribution in [-0.2, 0) is 9.53 Å². The lowest BCUT2D eigenvalue weighted by Crippen LogP contribution is -3.00. The van der Waals surface area contributed by atoms with Crippen LogP contribution in [0.25, 0.3) is 0 Å². The predicted molar refractivity (Wildman–Crippen MR) is 78.6 cm³/mol. The Bertz CT molecular complexity index is 637. The first kappa shape index (κ1) is 19.0. The molecule has 7 heteroatoms. The monoisotopic (exact) mass is 340 g/mol. The number of anilines is 1. The van der Waals surface area contributed by atoms with E-state index in [0.717, 1.165) is 0 Å². The summed E-state index contributed by atoms with van der Waals surface area (Å²) in [6.07, 6.45) is 2.49. The maximum atomic E-state index is 13.0. The number of pyridine rings is 1. The van der Waals surface area contributed by atoms with Gasteiger partial charge in [-0.15, -0.1) is 0 Å². The standard InChI is InChI=1S/C16H17FN2O3.ClH/c1-22-9-7-15(20)19-14-6-8-18-10-13(14)16(21)11-2-4-12(17)5-3-11;/h2-6,8,10,16,21H,7,9H2,1H3,(H,18,19,20);1H. The highest BCUT2D eigenvalue weighted by atomic mass is 35.5. The van der Waals surface area contributed by atoms with Crippen molar-refractivity contribution in [3.05, 3.63) is 59.7 Å². The van der Waals surface area contributed by atoms with E-state index >= 15 is 0 Å². The minimum atomic E-state index is -0.976. The van der Waals surface area contributed by atoms with Gasteiger partial charge in [0.15, 0.2) is 12.4 Å². The van der Waals surface area contributed by atoms with Gasteiger partial charge in [-0.25, -0.2) is 9.37 Å². The molecule has 1 heterocycles. The normalized spacial score (nSPS) is 11.4. The van der Waals surface area contributed by atoms with Gasteiger partial charge in [0.2, 0.25) is 5.91 Å². The summed E-state index contributed by atoms with van der Waals surface area (Å²) in [6.45, 7) is 0.320. The van der Waals surface area contributed by atoms with E-state index in [0.29, 0.717) is 23.4 Å². The second kappa shape index (κ2) is 9.19. The molecule has 1 atom stereocenters. The summed E-state index contributed by atoms with van der Waals surface area (Å²) in [7, 11) is 1.52. The highest BCUT2D eigenvalue weighted by molar-refractivity contribution is 5.91. The third kappa shape index (κ3) is 5.28. The molecule has 23 heavy (non-hydrogen) atoms. The number of rotatable bonds is 6. The van der Waals surface area contributed by atoms with Crippen molar-refractivity contribution in [1.29, 1.82) is 0 Å². The molecule has 0 bridgehead atoms. The minimum absolute atomic E-state index is 0. The largest absolute Gasteiger partial charge is 1.00 e. The molecule has 0 fully saturated rings. The molecule has 3 N–H and O–H groups in total. The second-order valence-electron chi connectivity index (χ2n) is 4.76. The van der Waals surface area contributed by atoms with E-state index in [4.69, 9.17) is 4.74 Å². The summed E-state index contributed by atoms with van der Waals surface area (Å²) in [5.41, 5.74) is 1.53. The molecule has 1 unspecified atom stereocenters. The molecule has 1 aromatic heterocycles. The van der Waals surface area contributed by atoms with Crippen LogP contribution in [-0.4, -0.2) is 24.7 Å². The van der Waals surface area contributed by atoms with E-state index < -0.39 is 6.10 Å². The Hall–Kier alpha value is -2.02. The second-order valence-corrected chi connectivity index (χ2v) is 4.76. The Morgan fingerprint density at radius 2 is 2.04 bits per heavy atom. The number of methoxy groups -OCH3 is 1. The average molecular weight is 341 g/mol. The van der Waals surface area contributed by atoms with Crippen molar-refractivity contribution in [1.82, 2.24) is 0 Å². The van der Waals surface area contributed by atoms with Gasteiger partial charge >= 0.3 is 0 Å². The van der Waals surface area contributed by atoms with E-state index in [1.165, 1.54) is 31.4 Å². The topological polar surface area (TPSA) is 72.7 Å². The number of carbonyl (C=O) groups is 1. The van der Waals surface area contributed by atoms with Crippen LogP contribution in [0.3, 0.4) is 0 Å². The van der Waals surface area contributed by atoms with Crippen molar-refractivity contribution in [2.75, 3.05) is 19.0 Å². The van der Waals surface area contributed by atoms with Gasteiger partial charge in [0.05, 0.1) is 24.3 Å². The summed E-state index contributed by atoms with van der Waals surface area (Å²) < 4.78 is 17.8. The molecule has 2 rings (SSSR count). The molecule has 0 spiro atoms. The number of hydrogen-bond acceptors (Lipinski definition) is 3. The molecule has 1 amide bonds. The van der Waals surface area contributed by atoms with Crippen LogP contribution in [0.1, 0.15) is 23.7 Å². The zero-order chi connectivity index (χ0) is 15.9. The first-order valence-electron chi connectivity index (χ1n) is 6.84. The Labute approximate surface area is 139 Å². The van der Waals surface area contributed by atoms with Crippen molar-refractivity contribution in [3.8, 4) is 0 Å². The van der Waals surface area contributed by atoms with E-state index in [2.05, 4.69) is 10.3 Å². The summed E-state index contributed by atoms with van der Waals surface area (Å²) in [5.74, 6) is -0.579. The Morgan fingerprint density at radius 3 is 2.70 bits per heavy atom. The summed E-state index contributed by atoms with van der Waals surface area (Å²) in [5, 5.41) is 13.2. The van der Waals surface area contributed by atoms with Crippen LogP contribution in [0.5, 0.6) is 0 Å². The number of aromatic nitrogens is 1. The van der Waals surface area contributed by atoms with Crippen LogP contribution >= 0.6 is 0 Å². The number of ether oxygens (including phenoxy) is 1. The van der Waals surface area contributed by atoms with Crippen LogP contribution in [0, 0.1) is 5.82 Å². The number of nitrogens with one attached hydrogen (secondary N) is 2. The third-order valence-electron chi connectivity index (χ3n) is 3.18. The first-order valence-corrected chi connectivity index (χ1v) is 6.84. The number of H-pyrrole nitrogens is 1. The number of aromatic amines is 1. The van der Waals surface area contributed by atoms with Crippen molar-refractivity contribution < 1.29 is 36.4 Å². The van der Waals surface area contributed by atoms with Gasteiger partial charge in [-0.3, -0.25) is 4.79 Å². The number of hydrogen-bond donors (Lipinski definition) is 2. The lowest BCUT2D eigenvalue weighted by atomic mass is 10.0. The maximum absolute atomic E-state index is 13.0. The molecular formula is C16H18ClFN2O3. The van der Waals surface area contributed by atoms with Crippen LogP contribution < -0.4 is 22.7 Å². The van der Waals surface area contributed by atoms with Crippen molar-refractivity contribution >= 4 is 11.6 Å². The van der Waals surface area contributed by atoms with E-state index in [1.807, 2.05) is 0 Å². The summed E-state index contributed by atoms with van der Waals surface area (Å²) in [4.78, 5) is 14.7. The average Bonchev–Trinajstić information content (AvgIpc) is 2.53. The molecule has 0 aliphatic rings. The Kier molecular flexibility index (Phi) is 7.61. The Balaban J connectivity index is 0.00000264. The van der Waals surface area contributed by atoms with Gasteiger partial charge in [0.25, 0.3) is 0 Å². The van der Waals surface area contributed by atoms with E-state index in [9.17, 15) is 14.3 Å². The number of amides is 1. The van der Waals surface area contributed by atoms with Gasteiger partial charge in [-0.05, 0) is 17.7 Å². The van der Waals surface area contributed by atoms with Crippen LogP contribution in [0.4, 0.5) is 10.1 Å². The molecule has 0 radical (unpaired) electrons. The molecule has 5 nitrogen and oxygen atoms in total. The summed E-state index contributed by atoms with van der Waals surface area (Å²) in [6, 6.07) is 7.23. The fourth-order valence-electron chi connectivity index (χ4n) is 2.02. The lowest BCUT2D eigenvalue weighted by Gasteiger charge is -2.14. The summed E-state index contributed by atoms with van der Waals surface area (Å²) >= 11 is 0. The van der Waals surface area contributed by atoms with Gasteiger partial charge in [-0.1, -0.05) is 12.1 Å².